The summed E-state index contributed by atoms with van der Waals surface area (Å²) in [6, 6.07) is 13.1. The Balaban J connectivity index is 2.10. The van der Waals surface area contributed by atoms with Gasteiger partial charge in [-0.1, -0.05) is 40.2 Å². The molecular formula is C14H12BrFS. The van der Waals surface area contributed by atoms with Crippen molar-refractivity contribution in [2.45, 2.75) is 17.6 Å². The van der Waals surface area contributed by atoms with Crippen LogP contribution in [0.2, 0.25) is 0 Å². The van der Waals surface area contributed by atoms with Gasteiger partial charge in [0.25, 0.3) is 0 Å². The molecule has 0 heterocycles. The molecule has 0 amide bonds. The van der Waals surface area contributed by atoms with Crippen LogP contribution in [0.4, 0.5) is 4.39 Å². The van der Waals surface area contributed by atoms with Gasteiger partial charge in [-0.05, 0) is 36.2 Å². The summed E-state index contributed by atoms with van der Waals surface area (Å²) in [5, 5.41) is 0. The largest absolute Gasteiger partial charge is 0.207 e. The Morgan fingerprint density at radius 3 is 2.65 bits per heavy atom. The van der Waals surface area contributed by atoms with E-state index in [2.05, 4.69) is 35.0 Å². The minimum Gasteiger partial charge on any atom is -0.207 e. The zero-order valence-corrected chi connectivity index (χ0v) is 11.8. The summed E-state index contributed by atoms with van der Waals surface area (Å²) in [5.74, 6) is 0.632. The van der Waals surface area contributed by atoms with E-state index >= 15 is 0 Å². The molecule has 0 aromatic heterocycles. The summed E-state index contributed by atoms with van der Waals surface area (Å²) in [4.78, 5) is 1.27. The average Bonchev–Trinajstić information content (AvgIpc) is 2.30. The van der Waals surface area contributed by atoms with Gasteiger partial charge in [-0.2, -0.15) is 0 Å². The van der Waals surface area contributed by atoms with Gasteiger partial charge in [0.1, 0.15) is 5.82 Å². The molecule has 0 saturated carbocycles. The molecule has 0 fully saturated rings. The van der Waals surface area contributed by atoms with Gasteiger partial charge in [0.15, 0.2) is 0 Å². The third-order valence-corrected chi connectivity index (χ3v) is 4.45. The Labute approximate surface area is 113 Å². The molecule has 0 aliphatic heterocycles. The number of hydrogen-bond donors (Lipinski definition) is 0. The highest BCUT2D eigenvalue weighted by Gasteiger charge is 2.03. The number of rotatable bonds is 3. The van der Waals surface area contributed by atoms with E-state index in [0.717, 1.165) is 15.8 Å². The summed E-state index contributed by atoms with van der Waals surface area (Å²) < 4.78 is 13.8. The van der Waals surface area contributed by atoms with Crippen molar-refractivity contribution in [3.63, 3.8) is 0 Å². The molecule has 17 heavy (non-hydrogen) atoms. The average molecular weight is 311 g/mol. The summed E-state index contributed by atoms with van der Waals surface area (Å²) in [5.41, 5.74) is 2.38. The van der Waals surface area contributed by atoms with Crippen LogP contribution < -0.4 is 0 Å². The molecule has 0 spiro atoms. The molecule has 2 aromatic rings. The van der Waals surface area contributed by atoms with Gasteiger partial charge in [0.05, 0.1) is 0 Å². The summed E-state index contributed by atoms with van der Waals surface area (Å²) >= 11 is 5.15. The van der Waals surface area contributed by atoms with Crippen molar-refractivity contribution in [1.29, 1.82) is 0 Å². The molecule has 0 radical (unpaired) electrons. The van der Waals surface area contributed by atoms with Gasteiger partial charge in [0.2, 0.25) is 0 Å². The molecule has 0 unspecified atom stereocenters. The Bertz CT molecular complexity index is 525. The van der Waals surface area contributed by atoms with E-state index in [4.69, 9.17) is 0 Å². The minimum absolute atomic E-state index is 0.207. The molecular weight excluding hydrogens is 299 g/mol. The fraction of sp³-hybridized carbons (Fsp3) is 0.143. The topological polar surface area (TPSA) is 0 Å². The number of halogens is 2. The van der Waals surface area contributed by atoms with Gasteiger partial charge >= 0.3 is 0 Å². The second kappa shape index (κ2) is 5.69. The van der Waals surface area contributed by atoms with Crippen LogP contribution >= 0.6 is 27.7 Å². The summed E-state index contributed by atoms with van der Waals surface area (Å²) in [7, 11) is 0. The van der Waals surface area contributed by atoms with Crippen LogP contribution in [0.25, 0.3) is 0 Å². The van der Waals surface area contributed by atoms with Crippen LogP contribution in [0.5, 0.6) is 0 Å². The van der Waals surface area contributed by atoms with E-state index in [1.165, 1.54) is 22.6 Å². The van der Waals surface area contributed by atoms with E-state index in [1.807, 2.05) is 18.2 Å². The molecule has 0 bridgehead atoms. The van der Waals surface area contributed by atoms with Gasteiger partial charge in [0, 0.05) is 15.1 Å². The van der Waals surface area contributed by atoms with Crippen LogP contribution in [-0.4, -0.2) is 0 Å². The van der Waals surface area contributed by atoms with Crippen LogP contribution in [0.15, 0.2) is 51.8 Å². The van der Waals surface area contributed by atoms with Crippen molar-refractivity contribution in [2.24, 2.45) is 0 Å². The molecule has 2 rings (SSSR count). The fourth-order valence-corrected chi connectivity index (χ4v) is 3.22. The Morgan fingerprint density at radius 2 is 1.94 bits per heavy atom. The van der Waals surface area contributed by atoms with Crippen molar-refractivity contribution in [1.82, 2.24) is 0 Å². The van der Waals surface area contributed by atoms with Crippen LogP contribution in [0, 0.1) is 12.7 Å². The lowest BCUT2D eigenvalue weighted by Gasteiger charge is -2.07. The number of thioether (sulfide) groups is 1. The van der Waals surface area contributed by atoms with Crippen molar-refractivity contribution < 1.29 is 4.39 Å². The number of aryl methyl sites for hydroxylation is 1. The second-order valence-corrected chi connectivity index (χ2v) is 5.66. The van der Waals surface area contributed by atoms with Crippen molar-refractivity contribution >= 4 is 27.7 Å². The first-order chi connectivity index (χ1) is 8.16. The van der Waals surface area contributed by atoms with Crippen molar-refractivity contribution in [3.8, 4) is 0 Å². The minimum atomic E-state index is -0.207. The number of benzene rings is 2. The van der Waals surface area contributed by atoms with Crippen LogP contribution in [0.1, 0.15) is 11.1 Å². The Morgan fingerprint density at radius 1 is 1.18 bits per heavy atom. The summed E-state index contributed by atoms with van der Waals surface area (Å²) in [6.45, 7) is 2.10. The maximum atomic E-state index is 12.9. The van der Waals surface area contributed by atoms with Crippen molar-refractivity contribution in [2.75, 3.05) is 0 Å². The van der Waals surface area contributed by atoms with E-state index < -0.39 is 0 Å². The zero-order valence-electron chi connectivity index (χ0n) is 9.41. The molecule has 0 nitrogen and oxygen atoms in total. The van der Waals surface area contributed by atoms with Crippen LogP contribution in [-0.2, 0) is 5.75 Å². The van der Waals surface area contributed by atoms with E-state index in [9.17, 15) is 4.39 Å². The standard InChI is InChI=1S/C14H12BrFS/c1-10-4-2-3-5-14(10)17-9-11-6-7-12(16)8-13(11)15/h2-8H,9H2,1H3. The van der Waals surface area contributed by atoms with E-state index in [1.54, 1.807) is 11.8 Å². The molecule has 0 aliphatic carbocycles. The van der Waals surface area contributed by atoms with Gasteiger partial charge in [-0.3, -0.25) is 0 Å². The first-order valence-corrected chi connectivity index (χ1v) is 7.07. The lowest BCUT2D eigenvalue weighted by atomic mass is 10.2. The third kappa shape index (κ3) is 3.33. The normalized spacial score (nSPS) is 10.5. The second-order valence-electron chi connectivity index (χ2n) is 3.79. The van der Waals surface area contributed by atoms with Crippen molar-refractivity contribution in [3.05, 3.63) is 63.9 Å². The fourth-order valence-electron chi connectivity index (χ4n) is 1.51. The number of hydrogen-bond acceptors (Lipinski definition) is 1. The molecule has 0 atom stereocenters. The highest BCUT2D eigenvalue weighted by molar-refractivity contribution is 9.10. The summed E-state index contributed by atoms with van der Waals surface area (Å²) in [6.07, 6.45) is 0. The first kappa shape index (κ1) is 12.7. The van der Waals surface area contributed by atoms with Gasteiger partial charge in [-0.15, -0.1) is 11.8 Å². The lowest BCUT2D eigenvalue weighted by molar-refractivity contribution is 0.626. The molecule has 0 aliphatic rings. The predicted molar refractivity (Wildman–Crippen MR) is 74.8 cm³/mol. The Hall–Kier alpha value is -0.800. The highest BCUT2D eigenvalue weighted by Crippen LogP contribution is 2.29. The van der Waals surface area contributed by atoms with E-state index in [0.29, 0.717) is 0 Å². The molecule has 0 N–H and O–H groups in total. The smallest absolute Gasteiger partial charge is 0.124 e. The SMILES string of the molecule is Cc1ccccc1SCc1ccc(F)cc1Br. The molecule has 2 aromatic carbocycles. The maximum absolute atomic E-state index is 12.9. The highest BCUT2D eigenvalue weighted by atomic mass is 79.9. The molecule has 88 valence electrons. The van der Waals surface area contributed by atoms with Gasteiger partial charge in [-0.25, -0.2) is 4.39 Å². The maximum Gasteiger partial charge on any atom is 0.124 e. The molecule has 3 heteroatoms. The van der Waals surface area contributed by atoms with E-state index in [-0.39, 0.29) is 5.82 Å². The van der Waals surface area contributed by atoms with Gasteiger partial charge < -0.3 is 0 Å². The third-order valence-electron chi connectivity index (χ3n) is 2.49. The molecule has 0 saturated heterocycles. The predicted octanol–water partition coefficient (Wildman–Crippen LogP) is 5.19. The Kier molecular flexibility index (Phi) is 4.24. The van der Waals surface area contributed by atoms with Crippen LogP contribution in [0.3, 0.4) is 0 Å². The first-order valence-electron chi connectivity index (χ1n) is 5.29. The quantitative estimate of drug-likeness (QED) is 0.703. The lowest BCUT2D eigenvalue weighted by Crippen LogP contribution is -1.86. The monoisotopic (exact) mass is 310 g/mol. The zero-order chi connectivity index (χ0) is 12.3.